The third kappa shape index (κ3) is 3.10. The summed E-state index contributed by atoms with van der Waals surface area (Å²) in [6.07, 6.45) is 0. The third-order valence-corrected chi connectivity index (χ3v) is 3.85. The maximum Gasteiger partial charge on any atom is 0.123 e. The number of hydrogen-bond donors (Lipinski definition) is 0. The smallest absolute Gasteiger partial charge is 0.123 e. The molecule has 0 aromatic heterocycles. The van der Waals surface area contributed by atoms with Gasteiger partial charge in [0.25, 0.3) is 0 Å². The van der Waals surface area contributed by atoms with Gasteiger partial charge in [-0.1, -0.05) is 39.7 Å². The Morgan fingerprint density at radius 1 is 1.16 bits per heavy atom. The van der Waals surface area contributed by atoms with E-state index in [9.17, 15) is 4.39 Å². The van der Waals surface area contributed by atoms with E-state index in [1.54, 1.807) is 12.1 Å². The number of hydrogen-bond acceptors (Lipinski definition) is 1. The van der Waals surface area contributed by atoms with Crippen LogP contribution in [0.15, 0.2) is 42.5 Å². The number of rotatable bonds is 4. The van der Waals surface area contributed by atoms with Gasteiger partial charge in [0.05, 0.1) is 10.7 Å². The standard InChI is InChI=1S/C15H14BrClFN/c1-2-19(13-8-6-12(18)7-9-13)15-11(10-16)4-3-5-14(15)17/h3-9H,2,10H2,1H3. The highest BCUT2D eigenvalue weighted by Gasteiger charge is 2.14. The molecular weight excluding hydrogens is 329 g/mol. The van der Waals surface area contributed by atoms with E-state index in [0.29, 0.717) is 5.02 Å². The van der Waals surface area contributed by atoms with Crippen molar-refractivity contribution in [3.05, 3.63) is 58.9 Å². The molecule has 0 bridgehead atoms. The fourth-order valence-corrected chi connectivity index (χ4v) is 2.81. The maximum absolute atomic E-state index is 13.0. The van der Waals surface area contributed by atoms with Gasteiger partial charge in [0.1, 0.15) is 5.82 Å². The normalized spacial score (nSPS) is 10.5. The number of nitrogens with zero attached hydrogens (tertiary/aromatic N) is 1. The number of alkyl halides is 1. The lowest BCUT2D eigenvalue weighted by Crippen LogP contribution is -2.18. The van der Waals surface area contributed by atoms with Crippen LogP contribution in [0.25, 0.3) is 0 Å². The summed E-state index contributed by atoms with van der Waals surface area (Å²) in [5.41, 5.74) is 3.01. The minimum atomic E-state index is -0.236. The maximum atomic E-state index is 13.0. The molecule has 2 rings (SSSR count). The zero-order chi connectivity index (χ0) is 13.8. The summed E-state index contributed by atoms with van der Waals surface area (Å²) in [4.78, 5) is 2.08. The van der Waals surface area contributed by atoms with Crippen molar-refractivity contribution in [2.24, 2.45) is 0 Å². The molecule has 2 aromatic carbocycles. The first-order chi connectivity index (χ1) is 9.17. The van der Waals surface area contributed by atoms with Crippen LogP contribution in [0.2, 0.25) is 5.02 Å². The Morgan fingerprint density at radius 2 is 1.84 bits per heavy atom. The highest BCUT2D eigenvalue weighted by molar-refractivity contribution is 9.08. The van der Waals surface area contributed by atoms with Gasteiger partial charge in [-0.05, 0) is 42.8 Å². The lowest BCUT2D eigenvalue weighted by molar-refractivity contribution is 0.628. The summed E-state index contributed by atoms with van der Waals surface area (Å²) < 4.78 is 13.0. The molecule has 0 radical (unpaired) electrons. The molecule has 0 fully saturated rings. The molecule has 4 heteroatoms. The Morgan fingerprint density at radius 3 is 2.42 bits per heavy atom. The van der Waals surface area contributed by atoms with E-state index in [0.717, 1.165) is 28.8 Å². The van der Waals surface area contributed by atoms with Crippen molar-refractivity contribution >= 4 is 38.9 Å². The summed E-state index contributed by atoms with van der Waals surface area (Å²) in [6.45, 7) is 2.81. The first-order valence-electron chi connectivity index (χ1n) is 6.03. The zero-order valence-electron chi connectivity index (χ0n) is 10.5. The Kier molecular flexibility index (Phi) is 4.83. The van der Waals surface area contributed by atoms with Crippen molar-refractivity contribution in [2.75, 3.05) is 11.4 Å². The van der Waals surface area contributed by atoms with Crippen molar-refractivity contribution < 1.29 is 4.39 Å². The average molecular weight is 343 g/mol. The van der Waals surface area contributed by atoms with Gasteiger partial charge in [0, 0.05) is 17.6 Å². The van der Waals surface area contributed by atoms with Crippen LogP contribution in [0.1, 0.15) is 12.5 Å². The zero-order valence-corrected chi connectivity index (χ0v) is 12.9. The highest BCUT2D eigenvalue weighted by Crippen LogP contribution is 2.35. The van der Waals surface area contributed by atoms with Crippen LogP contribution in [0, 0.1) is 5.82 Å². The Balaban J connectivity index is 2.50. The molecule has 0 atom stereocenters. The predicted molar refractivity (Wildman–Crippen MR) is 83.2 cm³/mol. The van der Waals surface area contributed by atoms with Crippen LogP contribution in [0.4, 0.5) is 15.8 Å². The Bertz CT molecular complexity index is 557. The van der Waals surface area contributed by atoms with Gasteiger partial charge in [0.2, 0.25) is 0 Å². The SMILES string of the molecule is CCN(c1ccc(F)cc1)c1c(Cl)cccc1CBr. The molecular formula is C15H14BrClFN. The fraction of sp³-hybridized carbons (Fsp3) is 0.200. The van der Waals surface area contributed by atoms with Crippen LogP contribution in [0.3, 0.4) is 0 Å². The molecule has 0 aliphatic rings. The van der Waals surface area contributed by atoms with E-state index in [1.165, 1.54) is 12.1 Å². The highest BCUT2D eigenvalue weighted by atomic mass is 79.9. The monoisotopic (exact) mass is 341 g/mol. The van der Waals surface area contributed by atoms with Gasteiger partial charge in [-0.15, -0.1) is 0 Å². The second-order valence-electron chi connectivity index (χ2n) is 4.10. The minimum Gasteiger partial charge on any atom is -0.340 e. The molecule has 0 N–H and O–H groups in total. The van der Waals surface area contributed by atoms with Crippen molar-refractivity contribution in [2.45, 2.75) is 12.3 Å². The van der Waals surface area contributed by atoms with E-state index in [1.807, 2.05) is 25.1 Å². The molecule has 0 spiro atoms. The summed E-state index contributed by atoms with van der Waals surface area (Å²) in [5.74, 6) is -0.236. The lowest BCUT2D eigenvalue weighted by atomic mass is 10.1. The molecule has 0 saturated carbocycles. The summed E-state index contributed by atoms with van der Waals surface area (Å²) in [6, 6.07) is 12.3. The van der Waals surface area contributed by atoms with Gasteiger partial charge in [-0.25, -0.2) is 4.39 Å². The van der Waals surface area contributed by atoms with E-state index in [2.05, 4.69) is 20.8 Å². The second-order valence-corrected chi connectivity index (χ2v) is 5.07. The first kappa shape index (κ1) is 14.4. The Labute approximate surface area is 126 Å². The molecule has 0 heterocycles. The molecule has 0 aliphatic heterocycles. The van der Waals surface area contributed by atoms with Crippen molar-refractivity contribution in [3.8, 4) is 0 Å². The fourth-order valence-electron chi connectivity index (χ4n) is 2.06. The van der Waals surface area contributed by atoms with Gasteiger partial charge in [-0.2, -0.15) is 0 Å². The molecule has 0 saturated heterocycles. The predicted octanol–water partition coefficient (Wildman–Crippen LogP) is 5.53. The van der Waals surface area contributed by atoms with E-state index in [4.69, 9.17) is 11.6 Å². The number of anilines is 2. The van der Waals surface area contributed by atoms with Crippen molar-refractivity contribution in [1.29, 1.82) is 0 Å². The van der Waals surface area contributed by atoms with Crippen LogP contribution in [-0.2, 0) is 5.33 Å². The van der Waals surface area contributed by atoms with Gasteiger partial charge < -0.3 is 4.90 Å². The summed E-state index contributed by atoms with van der Waals surface area (Å²) in [5, 5.41) is 1.42. The number of para-hydroxylation sites is 1. The summed E-state index contributed by atoms with van der Waals surface area (Å²) in [7, 11) is 0. The van der Waals surface area contributed by atoms with E-state index < -0.39 is 0 Å². The number of halogens is 3. The molecule has 1 nitrogen and oxygen atoms in total. The Hall–Kier alpha value is -1.06. The van der Waals surface area contributed by atoms with Crippen molar-refractivity contribution in [1.82, 2.24) is 0 Å². The molecule has 19 heavy (non-hydrogen) atoms. The van der Waals surface area contributed by atoms with Crippen LogP contribution >= 0.6 is 27.5 Å². The second kappa shape index (κ2) is 6.40. The first-order valence-corrected chi connectivity index (χ1v) is 7.53. The number of benzene rings is 2. The van der Waals surface area contributed by atoms with Gasteiger partial charge in [-0.3, -0.25) is 0 Å². The van der Waals surface area contributed by atoms with E-state index >= 15 is 0 Å². The average Bonchev–Trinajstić information content (AvgIpc) is 2.43. The van der Waals surface area contributed by atoms with Gasteiger partial charge >= 0.3 is 0 Å². The topological polar surface area (TPSA) is 3.24 Å². The molecule has 0 unspecified atom stereocenters. The quantitative estimate of drug-likeness (QED) is 0.660. The largest absolute Gasteiger partial charge is 0.340 e. The van der Waals surface area contributed by atoms with Gasteiger partial charge in [0.15, 0.2) is 0 Å². The summed E-state index contributed by atoms with van der Waals surface area (Å²) >= 11 is 9.81. The minimum absolute atomic E-state index is 0.236. The molecule has 2 aromatic rings. The molecule has 0 amide bonds. The van der Waals surface area contributed by atoms with Crippen LogP contribution in [0.5, 0.6) is 0 Å². The van der Waals surface area contributed by atoms with Crippen LogP contribution in [-0.4, -0.2) is 6.54 Å². The van der Waals surface area contributed by atoms with E-state index in [-0.39, 0.29) is 5.82 Å². The van der Waals surface area contributed by atoms with Crippen molar-refractivity contribution in [3.63, 3.8) is 0 Å². The third-order valence-electron chi connectivity index (χ3n) is 2.94. The molecule has 100 valence electrons. The lowest BCUT2D eigenvalue weighted by Gasteiger charge is -2.26. The van der Waals surface area contributed by atoms with Crippen LogP contribution < -0.4 is 4.90 Å². The molecule has 0 aliphatic carbocycles.